The Morgan fingerprint density at radius 3 is 2.56 bits per heavy atom. The van der Waals surface area contributed by atoms with E-state index < -0.39 is 5.97 Å². The third-order valence-corrected chi connectivity index (χ3v) is 3.02. The van der Waals surface area contributed by atoms with Gasteiger partial charge in [-0.15, -0.1) is 0 Å². The van der Waals surface area contributed by atoms with Crippen LogP contribution in [0.15, 0.2) is 12.1 Å². The molecular formula is C12H12BrNO2. The molecule has 0 aliphatic rings. The minimum atomic E-state index is -0.846. The molecule has 84 valence electrons. The van der Waals surface area contributed by atoms with Gasteiger partial charge in [0, 0.05) is 5.33 Å². The molecule has 0 unspecified atom stereocenters. The summed E-state index contributed by atoms with van der Waals surface area (Å²) in [6, 6.07) is 5.60. The molecule has 16 heavy (non-hydrogen) atoms. The second-order valence-electron chi connectivity index (χ2n) is 3.44. The second kappa shape index (κ2) is 5.66. The molecule has 0 aliphatic heterocycles. The van der Waals surface area contributed by atoms with Crippen LogP contribution >= 0.6 is 15.9 Å². The van der Waals surface area contributed by atoms with E-state index in [1.54, 1.807) is 12.1 Å². The Labute approximate surface area is 103 Å². The van der Waals surface area contributed by atoms with Crippen LogP contribution in [0.3, 0.4) is 0 Å². The molecule has 1 N–H and O–H groups in total. The Hall–Kier alpha value is -1.34. The lowest BCUT2D eigenvalue weighted by molar-refractivity contribution is -0.136. The number of hydrogen-bond acceptors (Lipinski definition) is 2. The van der Waals surface area contributed by atoms with Crippen molar-refractivity contribution in [1.29, 1.82) is 5.26 Å². The predicted octanol–water partition coefficient (Wildman–Crippen LogP) is 2.64. The molecule has 4 heteroatoms. The van der Waals surface area contributed by atoms with E-state index in [9.17, 15) is 4.79 Å². The van der Waals surface area contributed by atoms with E-state index in [0.29, 0.717) is 10.9 Å². The molecule has 0 amide bonds. The summed E-state index contributed by atoms with van der Waals surface area (Å²) in [5.41, 5.74) is 3.24. The van der Waals surface area contributed by atoms with Gasteiger partial charge in [0.1, 0.15) is 0 Å². The summed E-state index contributed by atoms with van der Waals surface area (Å²) < 4.78 is 0. The van der Waals surface area contributed by atoms with Crippen molar-refractivity contribution in [2.24, 2.45) is 0 Å². The van der Waals surface area contributed by atoms with E-state index in [1.165, 1.54) is 0 Å². The van der Waals surface area contributed by atoms with Gasteiger partial charge in [0.15, 0.2) is 0 Å². The zero-order valence-electron chi connectivity index (χ0n) is 8.96. The van der Waals surface area contributed by atoms with E-state index >= 15 is 0 Å². The average Bonchev–Trinajstić information content (AvgIpc) is 2.28. The minimum Gasteiger partial charge on any atom is -0.481 e. The Morgan fingerprint density at radius 2 is 2.12 bits per heavy atom. The second-order valence-corrected chi connectivity index (χ2v) is 4.00. The first-order chi connectivity index (χ1) is 7.62. The monoisotopic (exact) mass is 281 g/mol. The van der Waals surface area contributed by atoms with Crippen LogP contribution in [0.1, 0.15) is 29.2 Å². The van der Waals surface area contributed by atoms with Gasteiger partial charge in [-0.05, 0) is 35.2 Å². The topological polar surface area (TPSA) is 61.1 Å². The number of alkyl halides is 1. The summed E-state index contributed by atoms with van der Waals surface area (Å²) in [7, 11) is 0. The first-order valence-corrected chi connectivity index (χ1v) is 6.07. The van der Waals surface area contributed by atoms with Crippen LogP contribution in [-0.2, 0) is 23.0 Å². The molecule has 0 bridgehead atoms. The van der Waals surface area contributed by atoms with Gasteiger partial charge in [0.05, 0.1) is 18.1 Å². The summed E-state index contributed by atoms with van der Waals surface area (Å²) in [5, 5.41) is 18.3. The number of carboxylic acid groups (broad SMARTS) is 1. The van der Waals surface area contributed by atoms with Crippen LogP contribution in [0.2, 0.25) is 0 Å². The third kappa shape index (κ3) is 2.83. The van der Waals surface area contributed by atoms with E-state index in [2.05, 4.69) is 22.0 Å². The van der Waals surface area contributed by atoms with Crippen LogP contribution in [-0.4, -0.2) is 11.1 Å². The first-order valence-electron chi connectivity index (χ1n) is 4.94. The number of nitriles is 1. The summed E-state index contributed by atoms with van der Waals surface area (Å²) in [6.45, 7) is 1.96. The molecule has 0 saturated heterocycles. The lowest BCUT2D eigenvalue weighted by Gasteiger charge is -2.11. The smallest absolute Gasteiger partial charge is 0.307 e. The van der Waals surface area contributed by atoms with Crippen LogP contribution in [0.4, 0.5) is 0 Å². The summed E-state index contributed by atoms with van der Waals surface area (Å²) in [6.07, 6.45) is 0.744. The Balaban J connectivity index is 3.32. The maximum atomic E-state index is 10.8. The normalized spacial score (nSPS) is 9.81. The third-order valence-electron chi connectivity index (χ3n) is 2.42. The van der Waals surface area contributed by atoms with Crippen LogP contribution in [0.25, 0.3) is 0 Å². The number of halogens is 1. The van der Waals surface area contributed by atoms with Gasteiger partial charge in [0.25, 0.3) is 0 Å². The molecule has 0 aromatic heterocycles. The summed E-state index contributed by atoms with van der Waals surface area (Å²) >= 11 is 3.32. The number of carbonyl (C=O) groups is 1. The maximum absolute atomic E-state index is 10.8. The standard InChI is InChI=1S/C12H12BrNO2/c1-2-9-3-8(7-14)4-10(6-13)11(9)5-12(15)16/h3-4H,2,5-6H2,1H3,(H,15,16). The summed E-state index contributed by atoms with van der Waals surface area (Å²) in [4.78, 5) is 10.8. The molecule has 3 nitrogen and oxygen atoms in total. The zero-order chi connectivity index (χ0) is 12.1. The molecular weight excluding hydrogens is 270 g/mol. The zero-order valence-corrected chi connectivity index (χ0v) is 10.5. The van der Waals surface area contributed by atoms with E-state index in [0.717, 1.165) is 23.1 Å². The number of rotatable bonds is 4. The number of carboxylic acids is 1. The largest absolute Gasteiger partial charge is 0.481 e. The van der Waals surface area contributed by atoms with Crippen molar-refractivity contribution in [2.75, 3.05) is 0 Å². The fourth-order valence-corrected chi connectivity index (χ4v) is 2.18. The van der Waals surface area contributed by atoms with Crippen molar-refractivity contribution in [3.63, 3.8) is 0 Å². The van der Waals surface area contributed by atoms with Gasteiger partial charge in [-0.2, -0.15) is 5.26 Å². The molecule has 0 saturated carbocycles. The van der Waals surface area contributed by atoms with Gasteiger partial charge in [-0.1, -0.05) is 22.9 Å². The van der Waals surface area contributed by atoms with Gasteiger partial charge in [-0.25, -0.2) is 0 Å². The lowest BCUT2D eigenvalue weighted by Crippen LogP contribution is -2.07. The van der Waals surface area contributed by atoms with Gasteiger partial charge in [0.2, 0.25) is 0 Å². The van der Waals surface area contributed by atoms with Crippen molar-refractivity contribution < 1.29 is 9.90 Å². The lowest BCUT2D eigenvalue weighted by atomic mass is 9.95. The fraction of sp³-hybridized carbons (Fsp3) is 0.333. The van der Waals surface area contributed by atoms with Crippen LogP contribution < -0.4 is 0 Å². The highest BCUT2D eigenvalue weighted by molar-refractivity contribution is 9.08. The molecule has 0 heterocycles. The molecule has 0 fully saturated rings. The quantitative estimate of drug-likeness (QED) is 0.863. The summed E-state index contributed by atoms with van der Waals surface area (Å²) in [5.74, 6) is -0.846. The van der Waals surface area contributed by atoms with Gasteiger partial charge >= 0.3 is 5.97 Å². The van der Waals surface area contributed by atoms with Gasteiger partial charge < -0.3 is 5.11 Å². The number of aryl methyl sites for hydroxylation is 1. The van der Waals surface area contributed by atoms with Crippen molar-refractivity contribution in [3.8, 4) is 6.07 Å². The van der Waals surface area contributed by atoms with Crippen molar-refractivity contribution in [2.45, 2.75) is 25.1 Å². The highest BCUT2D eigenvalue weighted by Gasteiger charge is 2.12. The van der Waals surface area contributed by atoms with E-state index in [4.69, 9.17) is 10.4 Å². The van der Waals surface area contributed by atoms with Gasteiger partial charge in [-0.3, -0.25) is 4.79 Å². The predicted molar refractivity (Wildman–Crippen MR) is 64.5 cm³/mol. The highest BCUT2D eigenvalue weighted by atomic mass is 79.9. The van der Waals surface area contributed by atoms with Crippen molar-refractivity contribution in [3.05, 3.63) is 34.4 Å². The Kier molecular flexibility index (Phi) is 4.51. The molecule has 0 spiro atoms. The van der Waals surface area contributed by atoms with Crippen molar-refractivity contribution in [1.82, 2.24) is 0 Å². The Morgan fingerprint density at radius 1 is 1.50 bits per heavy atom. The van der Waals surface area contributed by atoms with E-state index in [1.807, 2.05) is 6.92 Å². The minimum absolute atomic E-state index is 0.00974. The SMILES string of the molecule is CCc1cc(C#N)cc(CBr)c1CC(=O)O. The molecule has 1 aromatic rings. The molecule has 0 aliphatic carbocycles. The highest BCUT2D eigenvalue weighted by Crippen LogP contribution is 2.21. The molecule has 0 radical (unpaired) electrons. The number of nitrogens with zero attached hydrogens (tertiary/aromatic N) is 1. The molecule has 0 atom stereocenters. The van der Waals surface area contributed by atoms with Crippen molar-refractivity contribution >= 4 is 21.9 Å². The van der Waals surface area contributed by atoms with E-state index in [-0.39, 0.29) is 6.42 Å². The fourth-order valence-electron chi connectivity index (χ4n) is 1.68. The number of benzene rings is 1. The Bertz CT molecular complexity index is 424. The first kappa shape index (κ1) is 12.7. The van der Waals surface area contributed by atoms with Crippen LogP contribution in [0, 0.1) is 11.3 Å². The number of aliphatic carboxylic acids is 1. The number of hydrogen-bond donors (Lipinski definition) is 1. The molecule has 1 aromatic carbocycles. The average molecular weight is 282 g/mol. The molecule has 1 rings (SSSR count). The van der Waals surface area contributed by atoms with Crippen LogP contribution in [0.5, 0.6) is 0 Å². The maximum Gasteiger partial charge on any atom is 0.307 e.